The van der Waals surface area contributed by atoms with E-state index in [1.54, 1.807) is 0 Å². The molecule has 130 valence electrons. The van der Waals surface area contributed by atoms with Gasteiger partial charge >= 0.3 is 0 Å². The van der Waals surface area contributed by atoms with Crippen molar-refractivity contribution in [2.24, 2.45) is 0 Å². The van der Waals surface area contributed by atoms with Crippen molar-refractivity contribution in [3.05, 3.63) is 29.8 Å². The molecule has 1 aromatic carbocycles. The highest BCUT2D eigenvalue weighted by molar-refractivity contribution is 7.89. The van der Waals surface area contributed by atoms with E-state index in [-0.39, 0.29) is 18.4 Å². The monoisotopic (exact) mass is 367 g/mol. The van der Waals surface area contributed by atoms with E-state index in [1.807, 2.05) is 0 Å². The fourth-order valence-electron chi connectivity index (χ4n) is 3.09. The summed E-state index contributed by atoms with van der Waals surface area (Å²) in [6.45, 7) is 4.22. The second-order valence-corrected chi connectivity index (χ2v) is 7.57. The Kier molecular flexibility index (Phi) is 5.96. The molecule has 0 spiro atoms. The summed E-state index contributed by atoms with van der Waals surface area (Å²) in [5.74, 6) is -1.66. The maximum Gasteiger partial charge on any atom is 0.246 e. The Labute approximate surface area is 141 Å². The molecule has 1 N–H and O–H groups in total. The molecule has 0 saturated carbocycles. The van der Waals surface area contributed by atoms with Gasteiger partial charge in [0.05, 0.1) is 0 Å². The lowest BCUT2D eigenvalue weighted by Crippen LogP contribution is -2.49. The normalized spacial score (nSPS) is 23.7. The van der Waals surface area contributed by atoms with Gasteiger partial charge in [-0.15, -0.1) is 12.4 Å². The van der Waals surface area contributed by atoms with Crippen LogP contribution in [0.5, 0.6) is 0 Å². The largest absolute Gasteiger partial charge is 0.314 e. The molecule has 2 heterocycles. The number of rotatable bonds is 3. The first kappa shape index (κ1) is 18.5. The first-order chi connectivity index (χ1) is 10.5. The van der Waals surface area contributed by atoms with Crippen molar-refractivity contribution in [2.45, 2.75) is 17.4 Å². The van der Waals surface area contributed by atoms with Crippen LogP contribution in [0.4, 0.5) is 8.78 Å². The van der Waals surface area contributed by atoms with Gasteiger partial charge in [0.1, 0.15) is 16.5 Å². The summed E-state index contributed by atoms with van der Waals surface area (Å²) in [4.78, 5) is 1.68. The van der Waals surface area contributed by atoms with Crippen LogP contribution in [-0.4, -0.2) is 62.9 Å². The molecule has 9 heteroatoms. The lowest BCUT2D eigenvalue weighted by molar-refractivity contribution is 0.179. The lowest BCUT2D eigenvalue weighted by Gasteiger charge is -2.32. The molecule has 5 nitrogen and oxygen atoms in total. The van der Waals surface area contributed by atoms with E-state index < -0.39 is 26.6 Å². The summed E-state index contributed by atoms with van der Waals surface area (Å²) < 4.78 is 53.4. The van der Waals surface area contributed by atoms with E-state index in [4.69, 9.17) is 0 Å². The average molecular weight is 368 g/mol. The van der Waals surface area contributed by atoms with Crippen molar-refractivity contribution in [1.29, 1.82) is 0 Å². The molecule has 0 radical (unpaired) electrons. The van der Waals surface area contributed by atoms with Crippen LogP contribution in [0.15, 0.2) is 23.1 Å². The molecule has 2 fully saturated rings. The van der Waals surface area contributed by atoms with Crippen LogP contribution in [0.25, 0.3) is 0 Å². The first-order valence-corrected chi connectivity index (χ1v) is 8.82. The predicted octanol–water partition coefficient (Wildman–Crippen LogP) is 1.05. The zero-order chi connectivity index (χ0) is 15.7. The topological polar surface area (TPSA) is 52.7 Å². The molecule has 1 atom stereocenters. The van der Waals surface area contributed by atoms with Gasteiger partial charge in [0.2, 0.25) is 10.0 Å². The van der Waals surface area contributed by atoms with Crippen LogP contribution >= 0.6 is 12.4 Å². The maximum absolute atomic E-state index is 13.8. The zero-order valence-corrected chi connectivity index (χ0v) is 14.2. The summed E-state index contributed by atoms with van der Waals surface area (Å²) in [7, 11) is -3.99. The fraction of sp³-hybridized carbons (Fsp3) is 0.571. The van der Waals surface area contributed by atoms with Crippen molar-refractivity contribution < 1.29 is 17.2 Å². The Hall–Kier alpha value is -0.800. The summed E-state index contributed by atoms with van der Waals surface area (Å²) in [5.41, 5.74) is 0. The molecule has 0 aromatic heterocycles. The first-order valence-electron chi connectivity index (χ1n) is 7.38. The third-order valence-electron chi connectivity index (χ3n) is 4.31. The van der Waals surface area contributed by atoms with Crippen molar-refractivity contribution in [1.82, 2.24) is 14.5 Å². The minimum Gasteiger partial charge on any atom is -0.314 e. The lowest BCUT2D eigenvalue weighted by atomic mass is 10.2. The standard InChI is InChI=1S/C14H19F2N3O2S.ClH/c15-11-1-2-13(16)14(9-11)22(20,21)19-6-3-12(10-19)18-7-4-17-5-8-18;/h1-2,9,12,17H,3-8,10H2;1H. The minimum atomic E-state index is -3.99. The molecule has 0 amide bonds. The second-order valence-electron chi connectivity index (χ2n) is 5.67. The van der Waals surface area contributed by atoms with Crippen molar-refractivity contribution in [2.75, 3.05) is 39.3 Å². The quantitative estimate of drug-likeness (QED) is 0.868. The Morgan fingerprint density at radius 2 is 1.83 bits per heavy atom. The molecule has 0 aliphatic carbocycles. The summed E-state index contributed by atoms with van der Waals surface area (Å²) in [6, 6.07) is 2.67. The van der Waals surface area contributed by atoms with Gasteiger partial charge in [0.15, 0.2) is 0 Å². The zero-order valence-electron chi connectivity index (χ0n) is 12.5. The van der Waals surface area contributed by atoms with Crippen LogP contribution in [-0.2, 0) is 10.0 Å². The number of sulfonamides is 1. The predicted molar refractivity (Wildman–Crippen MR) is 85.2 cm³/mol. The van der Waals surface area contributed by atoms with E-state index in [0.29, 0.717) is 13.1 Å². The van der Waals surface area contributed by atoms with Crippen LogP contribution in [0.1, 0.15) is 6.42 Å². The van der Waals surface area contributed by atoms with Gasteiger partial charge in [-0.3, -0.25) is 4.90 Å². The van der Waals surface area contributed by atoms with Gasteiger partial charge in [0, 0.05) is 45.3 Å². The van der Waals surface area contributed by atoms with Gasteiger partial charge in [-0.2, -0.15) is 4.31 Å². The molecule has 23 heavy (non-hydrogen) atoms. The Morgan fingerprint density at radius 3 is 2.52 bits per heavy atom. The van der Waals surface area contributed by atoms with E-state index in [0.717, 1.165) is 50.8 Å². The highest BCUT2D eigenvalue weighted by atomic mass is 35.5. The highest BCUT2D eigenvalue weighted by Crippen LogP contribution is 2.26. The molecule has 2 saturated heterocycles. The number of hydrogen-bond acceptors (Lipinski definition) is 4. The van der Waals surface area contributed by atoms with E-state index in [9.17, 15) is 17.2 Å². The number of piperazine rings is 1. The summed E-state index contributed by atoms with van der Waals surface area (Å²) >= 11 is 0. The molecule has 2 aliphatic rings. The summed E-state index contributed by atoms with van der Waals surface area (Å²) in [5, 5.41) is 3.25. The van der Waals surface area contributed by atoms with Crippen LogP contribution < -0.4 is 5.32 Å². The Balaban J connectivity index is 0.00000192. The van der Waals surface area contributed by atoms with Gasteiger partial charge < -0.3 is 5.32 Å². The van der Waals surface area contributed by atoms with E-state index in [1.165, 1.54) is 4.31 Å². The maximum atomic E-state index is 13.8. The molecular formula is C14H20ClF2N3O2S. The van der Waals surface area contributed by atoms with E-state index in [2.05, 4.69) is 10.2 Å². The Morgan fingerprint density at radius 1 is 1.13 bits per heavy atom. The van der Waals surface area contributed by atoms with Crippen LogP contribution in [0.2, 0.25) is 0 Å². The molecular weight excluding hydrogens is 348 g/mol. The van der Waals surface area contributed by atoms with Crippen LogP contribution in [0.3, 0.4) is 0 Å². The van der Waals surface area contributed by atoms with E-state index >= 15 is 0 Å². The number of benzene rings is 1. The third kappa shape index (κ3) is 3.83. The van der Waals surface area contributed by atoms with Crippen LogP contribution in [0, 0.1) is 11.6 Å². The minimum absolute atomic E-state index is 0. The smallest absolute Gasteiger partial charge is 0.246 e. The van der Waals surface area contributed by atoms with Gasteiger partial charge in [-0.05, 0) is 24.6 Å². The molecule has 1 aromatic rings. The summed E-state index contributed by atoms with van der Waals surface area (Å²) in [6.07, 6.45) is 0.718. The third-order valence-corrected chi connectivity index (χ3v) is 6.19. The molecule has 0 bridgehead atoms. The van der Waals surface area contributed by atoms with Gasteiger partial charge in [-0.25, -0.2) is 17.2 Å². The van der Waals surface area contributed by atoms with Crippen molar-refractivity contribution >= 4 is 22.4 Å². The number of nitrogens with zero attached hydrogens (tertiary/aromatic N) is 2. The molecule has 3 rings (SSSR count). The highest BCUT2D eigenvalue weighted by Gasteiger charge is 2.36. The van der Waals surface area contributed by atoms with Gasteiger partial charge in [0.25, 0.3) is 0 Å². The second kappa shape index (κ2) is 7.40. The molecule has 1 unspecified atom stereocenters. The SMILES string of the molecule is Cl.O=S(=O)(c1cc(F)ccc1F)N1CCC(N2CCNCC2)C1. The fourth-order valence-corrected chi connectivity index (χ4v) is 4.66. The number of nitrogens with one attached hydrogen (secondary N) is 1. The number of hydrogen-bond donors (Lipinski definition) is 1. The van der Waals surface area contributed by atoms with Crippen molar-refractivity contribution in [3.63, 3.8) is 0 Å². The molecule has 2 aliphatic heterocycles. The average Bonchev–Trinajstić information content (AvgIpc) is 3.01. The Bertz CT molecular complexity index is 653. The van der Waals surface area contributed by atoms with Crippen molar-refractivity contribution in [3.8, 4) is 0 Å². The van der Waals surface area contributed by atoms with Gasteiger partial charge in [-0.1, -0.05) is 0 Å². The number of halogens is 3.